The number of carbonyl (C=O) groups is 2. The maximum Gasteiger partial charge on any atom is 0.295 e. The molecule has 0 radical (unpaired) electrons. The Labute approximate surface area is 211 Å². The molecule has 6 nitrogen and oxygen atoms in total. The number of hydrogen-bond acceptors (Lipinski definition) is 5. The first kappa shape index (κ1) is 24.9. The van der Waals surface area contributed by atoms with E-state index in [0.717, 1.165) is 16.7 Å². The highest BCUT2D eigenvalue weighted by Gasteiger charge is 2.46. The van der Waals surface area contributed by atoms with Gasteiger partial charge in [-0.3, -0.25) is 14.6 Å². The van der Waals surface area contributed by atoms with E-state index in [1.165, 1.54) is 4.90 Å². The first-order valence-corrected chi connectivity index (χ1v) is 11.8. The largest absolute Gasteiger partial charge is 0.507 e. The topological polar surface area (TPSA) is 79.7 Å². The van der Waals surface area contributed by atoms with E-state index >= 15 is 0 Å². The van der Waals surface area contributed by atoms with Gasteiger partial charge in [-0.25, -0.2) is 0 Å². The predicted molar refractivity (Wildman–Crippen MR) is 139 cm³/mol. The third kappa shape index (κ3) is 5.08. The van der Waals surface area contributed by atoms with E-state index in [1.54, 1.807) is 48.8 Å². The van der Waals surface area contributed by atoms with Gasteiger partial charge in [-0.15, -0.1) is 0 Å². The number of carbonyl (C=O) groups excluding carboxylic acids is 2. The monoisotopic (exact) mass is 482 g/mol. The number of aliphatic hydroxyl groups excluding tert-OH is 1. The van der Waals surface area contributed by atoms with Gasteiger partial charge in [0, 0.05) is 24.5 Å². The average Bonchev–Trinajstić information content (AvgIpc) is 3.12. The molecule has 0 unspecified atom stereocenters. The van der Waals surface area contributed by atoms with Crippen LogP contribution < -0.4 is 4.74 Å². The number of ketones is 1. The number of aromatic nitrogens is 1. The van der Waals surface area contributed by atoms with Crippen LogP contribution >= 0.6 is 0 Å². The number of ether oxygens (including phenoxy) is 1. The van der Waals surface area contributed by atoms with Gasteiger partial charge in [-0.1, -0.05) is 63.8 Å². The highest BCUT2D eigenvalue weighted by molar-refractivity contribution is 6.46. The van der Waals surface area contributed by atoms with Gasteiger partial charge in [0.2, 0.25) is 0 Å². The smallest absolute Gasteiger partial charge is 0.295 e. The van der Waals surface area contributed by atoms with Crippen molar-refractivity contribution in [2.24, 2.45) is 0 Å². The van der Waals surface area contributed by atoms with Crippen LogP contribution in [0.15, 0.2) is 91.3 Å². The Bertz CT molecular complexity index is 1290. The van der Waals surface area contributed by atoms with Crippen LogP contribution in [0.4, 0.5) is 0 Å². The van der Waals surface area contributed by atoms with Gasteiger partial charge in [-0.2, -0.15) is 0 Å². The van der Waals surface area contributed by atoms with Crippen LogP contribution in [0, 0.1) is 0 Å². The minimum atomic E-state index is -0.740. The molecule has 1 amide bonds. The van der Waals surface area contributed by atoms with Crippen LogP contribution in [0.1, 0.15) is 49.1 Å². The summed E-state index contributed by atoms with van der Waals surface area (Å²) in [4.78, 5) is 32.1. The Balaban J connectivity index is 1.80. The summed E-state index contributed by atoms with van der Waals surface area (Å²) >= 11 is 0. The van der Waals surface area contributed by atoms with Gasteiger partial charge in [0.05, 0.1) is 11.6 Å². The lowest BCUT2D eigenvalue weighted by Crippen LogP contribution is -2.29. The van der Waals surface area contributed by atoms with Crippen LogP contribution in [-0.2, 0) is 21.5 Å². The van der Waals surface area contributed by atoms with Crippen molar-refractivity contribution >= 4 is 17.4 Å². The summed E-state index contributed by atoms with van der Waals surface area (Å²) in [6, 6.07) is 17.5. The number of hydrogen-bond donors (Lipinski definition) is 1. The molecule has 1 saturated heterocycles. The van der Waals surface area contributed by atoms with Gasteiger partial charge in [0.25, 0.3) is 11.7 Å². The summed E-state index contributed by atoms with van der Waals surface area (Å²) in [5.74, 6) is -0.982. The fourth-order valence-electron chi connectivity index (χ4n) is 4.26. The predicted octanol–water partition coefficient (Wildman–Crippen LogP) is 5.57. The Kier molecular flexibility index (Phi) is 7.06. The number of Topliss-reactive ketones (excluding diaryl/α,β-unsaturated/α-hetero) is 1. The molecule has 1 atom stereocenters. The second-order valence-corrected chi connectivity index (χ2v) is 9.78. The lowest BCUT2D eigenvalue weighted by atomic mass is 9.85. The zero-order valence-corrected chi connectivity index (χ0v) is 20.8. The molecule has 36 heavy (non-hydrogen) atoms. The van der Waals surface area contributed by atoms with E-state index < -0.39 is 17.7 Å². The molecule has 184 valence electrons. The molecule has 1 aliphatic heterocycles. The molecular weight excluding hydrogens is 452 g/mol. The Morgan fingerprint density at radius 3 is 2.36 bits per heavy atom. The molecule has 0 spiro atoms. The summed E-state index contributed by atoms with van der Waals surface area (Å²) in [5, 5.41) is 11.3. The second-order valence-electron chi connectivity index (χ2n) is 9.78. The minimum Gasteiger partial charge on any atom is -0.507 e. The molecule has 1 fully saturated rings. The SMILES string of the molecule is C=CCOc1ccc(C(O)=C2C(=O)C(=O)N(Cc3cccnc3)[C@@H]2c2ccc(C(C)(C)C)cc2)cc1. The van der Waals surface area contributed by atoms with E-state index in [0.29, 0.717) is 17.9 Å². The summed E-state index contributed by atoms with van der Waals surface area (Å²) < 4.78 is 5.52. The third-order valence-corrected chi connectivity index (χ3v) is 6.20. The zero-order chi connectivity index (χ0) is 25.9. The first-order valence-electron chi connectivity index (χ1n) is 11.8. The number of aliphatic hydroxyl groups is 1. The van der Waals surface area contributed by atoms with Crippen LogP contribution in [-0.4, -0.2) is 33.3 Å². The number of rotatable bonds is 7. The van der Waals surface area contributed by atoms with Crippen LogP contribution in [0.5, 0.6) is 5.75 Å². The molecule has 0 saturated carbocycles. The average molecular weight is 483 g/mol. The van der Waals surface area contributed by atoms with Gasteiger partial charge in [0.15, 0.2) is 0 Å². The van der Waals surface area contributed by atoms with Gasteiger partial charge in [-0.05, 0) is 52.4 Å². The van der Waals surface area contributed by atoms with Crippen molar-refractivity contribution in [3.05, 3.63) is 114 Å². The Hall–Kier alpha value is -4.19. The van der Waals surface area contributed by atoms with Crippen LogP contribution in [0.25, 0.3) is 5.76 Å². The highest BCUT2D eigenvalue weighted by atomic mass is 16.5. The van der Waals surface area contributed by atoms with Crippen molar-refractivity contribution in [1.29, 1.82) is 0 Å². The molecule has 1 aromatic heterocycles. The standard InChI is InChI=1S/C30H30N2O4/c1-5-17-36-24-14-10-22(11-15-24)27(33)25-26(21-8-12-23(13-9-21)30(2,3)4)32(29(35)28(25)34)19-20-7-6-16-31-18-20/h5-16,18,26,33H,1,17,19H2,2-4H3/t26-/m1/s1. The summed E-state index contributed by atoms with van der Waals surface area (Å²) in [6.07, 6.45) is 4.96. The summed E-state index contributed by atoms with van der Waals surface area (Å²) in [7, 11) is 0. The minimum absolute atomic E-state index is 0.0501. The van der Waals surface area contributed by atoms with E-state index in [2.05, 4.69) is 32.3 Å². The molecule has 4 rings (SSSR count). The Morgan fingerprint density at radius 1 is 1.08 bits per heavy atom. The quantitative estimate of drug-likeness (QED) is 0.206. The van der Waals surface area contributed by atoms with Crippen molar-refractivity contribution in [2.45, 2.75) is 38.8 Å². The highest BCUT2D eigenvalue weighted by Crippen LogP contribution is 2.41. The van der Waals surface area contributed by atoms with Crippen molar-refractivity contribution in [3.8, 4) is 5.75 Å². The lowest BCUT2D eigenvalue weighted by Gasteiger charge is -2.26. The van der Waals surface area contributed by atoms with Crippen LogP contribution in [0.2, 0.25) is 0 Å². The summed E-state index contributed by atoms with van der Waals surface area (Å²) in [5.41, 5.74) is 3.11. The van der Waals surface area contributed by atoms with Crippen molar-refractivity contribution in [3.63, 3.8) is 0 Å². The van der Waals surface area contributed by atoms with E-state index in [-0.39, 0.29) is 23.3 Å². The van der Waals surface area contributed by atoms with E-state index in [4.69, 9.17) is 4.74 Å². The number of nitrogens with zero attached hydrogens (tertiary/aromatic N) is 2. The van der Waals surface area contributed by atoms with E-state index in [1.807, 2.05) is 30.3 Å². The third-order valence-electron chi connectivity index (χ3n) is 6.20. The van der Waals surface area contributed by atoms with Crippen LogP contribution in [0.3, 0.4) is 0 Å². The zero-order valence-electron chi connectivity index (χ0n) is 20.8. The van der Waals surface area contributed by atoms with Crippen molar-refractivity contribution < 1.29 is 19.4 Å². The molecule has 1 aliphatic rings. The molecule has 1 N–H and O–H groups in total. The maximum atomic E-state index is 13.3. The molecule has 0 bridgehead atoms. The number of amides is 1. The van der Waals surface area contributed by atoms with Gasteiger partial charge >= 0.3 is 0 Å². The molecule has 2 heterocycles. The summed E-state index contributed by atoms with van der Waals surface area (Å²) in [6.45, 7) is 10.5. The van der Waals surface area contributed by atoms with E-state index in [9.17, 15) is 14.7 Å². The molecular formula is C30H30N2O4. The molecule has 0 aliphatic carbocycles. The normalized spacial score (nSPS) is 17.3. The van der Waals surface area contributed by atoms with Gasteiger partial charge < -0.3 is 14.7 Å². The second kappa shape index (κ2) is 10.2. The number of likely N-dealkylation sites (tertiary alicyclic amines) is 1. The fourth-order valence-corrected chi connectivity index (χ4v) is 4.26. The lowest BCUT2D eigenvalue weighted by molar-refractivity contribution is -0.140. The fraction of sp³-hybridized carbons (Fsp3) is 0.233. The van der Waals surface area contributed by atoms with Crippen molar-refractivity contribution in [1.82, 2.24) is 9.88 Å². The maximum absolute atomic E-state index is 13.3. The van der Waals surface area contributed by atoms with Gasteiger partial charge in [0.1, 0.15) is 18.1 Å². The molecule has 6 heteroatoms. The number of benzene rings is 2. The molecule has 2 aromatic carbocycles. The first-order chi connectivity index (χ1) is 17.2. The Morgan fingerprint density at radius 2 is 1.78 bits per heavy atom. The van der Waals surface area contributed by atoms with Crippen molar-refractivity contribution in [2.75, 3.05) is 6.61 Å². The molecule has 3 aromatic rings. The number of pyridine rings is 1.